The predicted octanol–water partition coefficient (Wildman–Crippen LogP) is 6.68. The highest BCUT2D eigenvalue weighted by molar-refractivity contribution is 6.31. The second-order valence-corrected chi connectivity index (χ2v) is 9.10. The second kappa shape index (κ2) is 9.84. The summed E-state index contributed by atoms with van der Waals surface area (Å²) in [5, 5.41) is 9.33. The van der Waals surface area contributed by atoms with Gasteiger partial charge in [-0.05, 0) is 62.2 Å². The van der Waals surface area contributed by atoms with E-state index >= 15 is 0 Å². The van der Waals surface area contributed by atoms with Crippen molar-refractivity contribution < 1.29 is 9.53 Å². The molecule has 0 fully saturated rings. The number of halogens is 1. The summed E-state index contributed by atoms with van der Waals surface area (Å²) >= 11 is 6.16. The number of fused-ring (bicyclic) bond motifs is 1. The number of ether oxygens (including phenoxy) is 1. The molecule has 1 amide bonds. The maximum absolute atomic E-state index is 12.6. The third-order valence-corrected chi connectivity index (χ3v) is 6.41. The molecule has 0 bridgehead atoms. The molecule has 0 radical (unpaired) electrons. The van der Waals surface area contributed by atoms with Crippen LogP contribution in [0, 0.1) is 20.8 Å². The fraction of sp³-hybridized carbons (Fsp3) is 0.138. The van der Waals surface area contributed by atoms with E-state index in [2.05, 4.69) is 30.4 Å². The Morgan fingerprint density at radius 1 is 0.972 bits per heavy atom. The molecule has 2 heterocycles. The normalized spacial score (nSPS) is 11.0. The fourth-order valence-corrected chi connectivity index (χ4v) is 4.33. The first kappa shape index (κ1) is 23.6. The van der Waals surface area contributed by atoms with Crippen molar-refractivity contribution in [3.05, 3.63) is 101 Å². The van der Waals surface area contributed by atoms with E-state index < -0.39 is 0 Å². The van der Waals surface area contributed by atoms with Crippen molar-refractivity contribution >= 4 is 34.2 Å². The lowest BCUT2D eigenvalue weighted by atomic mass is 10.0. The van der Waals surface area contributed by atoms with E-state index in [0.29, 0.717) is 22.2 Å². The van der Waals surface area contributed by atoms with Crippen LogP contribution in [0.2, 0.25) is 5.02 Å². The molecule has 5 aromatic rings. The number of aryl methyl sites for hydroxylation is 2. The van der Waals surface area contributed by atoms with Crippen molar-refractivity contribution in [1.82, 2.24) is 14.8 Å². The Kier molecular flexibility index (Phi) is 6.44. The Bertz CT molecular complexity index is 1580. The van der Waals surface area contributed by atoms with Gasteiger partial charge in [0.25, 0.3) is 5.91 Å². The van der Waals surface area contributed by atoms with Crippen molar-refractivity contribution in [3.8, 4) is 22.8 Å². The number of carbonyl (C=O) groups excluding carboxylic acids is 1. The minimum absolute atomic E-state index is 0.186. The molecule has 0 aliphatic heterocycles. The van der Waals surface area contributed by atoms with Gasteiger partial charge in [0.05, 0.1) is 11.1 Å². The lowest BCUT2D eigenvalue weighted by Gasteiger charge is -2.11. The number of benzene rings is 3. The summed E-state index contributed by atoms with van der Waals surface area (Å²) in [6, 6.07) is 25.3. The summed E-state index contributed by atoms with van der Waals surface area (Å²) in [7, 11) is 0. The lowest BCUT2D eigenvalue weighted by Crippen LogP contribution is -2.21. The monoisotopic (exact) mass is 496 g/mol. The van der Waals surface area contributed by atoms with Crippen molar-refractivity contribution in [2.24, 2.45) is 0 Å². The van der Waals surface area contributed by atoms with Crippen LogP contribution in [-0.2, 0) is 4.79 Å². The summed E-state index contributed by atoms with van der Waals surface area (Å²) in [5.74, 6) is 0.0581. The molecule has 0 saturated carbocycles. The van der Waals surface area contributed by atoms with Crippen molar-refractivity contribution in [1.29, 1.82) is 0 Å². The van der Waals surface area contributed by atoms with Gasteiger partial charge in [-0.25, -0.2) is 4.68 Å². The van der Waals surface area contributed by atoms with Crippen LogP contribution >= 0.6 is 11.6 Å². The minimum atomic E-state index is -0.295. The minimum Gasteiger partial charge on any atom is -0.467 e. The zero-order valence-electron chi connectivity index (χ0n) is 20.2. The Morgan fingerprint density at radius 3 is 2.53 bits per heavy atom. The number of aromatic nitrogens is 3. The Hall–Kier alpha value is -4.16. The number of carbonyl (C=O) groups is 1. The molecule has 180 valence electrons. The largest absolute Gasteiger partial charge is 0.467 e. The van der Waals surface area contributed by atoms with Crippen LogP contribution in [0.1, 0.15) is 16.7 Å². The van der Waals surface area contributed by atoms with Crippen LogP contribution in [0.5, 0.6) is 5.88 Å². The van der Waals surface area contributed by atoms with Crippen LogP contribution in [-0.4, -0.2) is 27.3 Å². The molecule has 0 spiro atoms. The number of pyridine rings is 1. The summed E-state index contributed by atoms with van der Waals surface area (Å²) < 4.78 is 7.65. The molecule has 5 rings (SSSR count). The van der Waals surface area contributed by atoms with Crippen LogP contribution in [0.25, 0.3) is 28.0 Å². The maximum Gasteiger partial charge on any atom is 0.262 e. The van der Waals surface area contributed by atoms with Gasteiger partial charge in [-0.1, -0.05) is 59.6 Å². The molecule has 2 aromatic heterocycles. The first-order chi connectivity index (χ1) is 17.4. The lowest BCUT2D eigenvalue weighted by molar-refractivity contribution is -0.118. The van der Waals surface area contributed by atoms with Gasteiger partial charge in [-0.3, -0.25) is 4.79 Å². The Labute approximate surface area is 214 Å². The van der Waals surface area contributed by atoms with Gasteiger partial charge in [0.1, 0.15) is 5.69 Å². The number of nitrogens with zero attached hydrogens (tertiary/aromatic N) is 3. The number of hydrogen-bond donors (Lipinski definition) is 1. The van der Waals surface area contributed by atoms with E-state index in [1.54, 1.807) is 18.2 Å². The van der Waals surface area contributed by atoms with E-state index in [4.69, 9.17) is 26.4 Å². The third-order valence-electron chi connectivity index (χ3n) is 6.00. The van der Waals surface area contributed by atoms with Gasteiger partial charge in [-0.15, -0.1) is 0 Å². The first-order valence-electron chi connectivity index (χ1n) is 11.6. The molecule has 36 heavy (non-hydrogen) atoms. The van der Waals surface area contributed by atoms with Crippen LogP contribution in [0.4, 0.5) is 5.69 Å². The fourth-order valence-electron chi connectivity index (χ4n) is 4.16. The molecule has 0 saturated heterocycles. The van der Waals surface area contributed by atoms with E-state index in [-0.39, 0.29) is 12.5 Å². The van der Waals surface area contributed by atoms with Gasteiger partial charge in [0.15, 0.2) is 12.3 Å². The van der Waals surface area contributed by atoms with Gasteiger partial charge in [-0.2, -0.15) is 10.1 Å². The topological polar surface area (TPSA) is 69.0 Å². The van der Waals surface area contributed by atoms with Crippen molar-refractivity contribution in [2.75, 3.05) is 11.9 Å². The Morgan fingerprint density at radius 2 is 1.75 bits per heavy atom. The van der Waals surface area contributed by atoms with Crippen LogP contribution < -0.4 is 10.1 Å². The standard InChI is InChI=1S/C29H25ClN4O2/c1-18-9-7-10-21(15-18)28-27-19(2)16-26(32-29(27)34(33-28)22-11-5-4-6-12-22)36-17-25(35)31-24-14-8-13-23(30)20(24)3/h4-16H,17H2,1-3H3,(H,31,35). The summed E-state index contributed by atoms with van der Waals surface area (Å²) in [6.45, 7) is 5.73. The molecule has 6 nitrogen and oxygen atoms in total. The molecule has 0 atom stereocenters. The van der Waals surface area contributed by atoms with Gasteiger partial charge < -0.3 is 10.1 Å². The molecule has 7 heteroatoms. The summed E-state index contributed by atoms with van der Waals surface area (Å²) in [4.78, 5) is 17.4. The molecular weight excluding hydrogens is 472 g/mol. The highest BCUT2D eigenvalue weighted by Crippen LogP contribution is 2.33. The average Bonchev–Trinajstić information content (AvgIpc) is 3.26. The third kappa shape index (κ3) is 4.68. The molecule has 1 N–H and O–H groups in total. The van der Waals surface area contributed by atoms with Gasteiger partial charge in [0, 0.05) is 22.3 Å². The highest BCUT2D eigenvalue weighted by atomic mass is 35.5. The SMILES string of the molecule is Cc1cccc(-c2nn(-c3ccccc3)c3nc(OCC(=O)Nc4cccc(Cl)c4C)cc(C)c23)c1. The number of para-hydroxylation sites is 1. The molecule has 0 aliphatic rings. The van der Waals surface area contributed by atoms with E-state index in [9.17, 15) is 4.79 Å². The van der Waals surface area contributed by atoms with E-state index in [1.165, 1.54) is 0 Å². The molecule has 0 aliphatic carbocycles. The average molecular weight is 497 g/mol. The number of hydrogen-bond acceptors (Lipinski definition) is 4. The Balaban J connectivity index is 1.50. The number of amides is 1. The predicted molar refractivity (Wildman–Crippen MR) is 144 cm³/mol. The zero-order chi connectivity index (χ0) is 25.2. The summed E-state index contributed by atoms with van der Waals surface area (Å²) in [5.41, 5.74) is 6.99. The summed E-state index contributed by atoms with van der Waals surface area (Å²) in [6.07, 6.45) is 0. The quantitative estimate of drug-likeness (QED) is 0.284. The van der Waals surface area contributed by atoms with Crippen LogP contribution in [0.15, 0.2) is 78.9 Å². The first-order valence-corrected chi connectivity index (χ1v) is 12.0. The van der Waals surface area contributed by atoms with Crippen molar-refractivity contribution in [3.63, 3.8) is 0 Å². The smallest absolute Gasteiger partial charge is 0.262 e. The van der Waals surface area contributed by atoms with E-state index in [1.807, 2.05) is 61.0 Å². The van der Waals surface area contributed by atoms with E-state index in [0.717, 1.165) is 39.0 Å². The number of rotatable bonds is 6. The number of anilines is 1. The second-order valence-electron chi connectivity index (χ2n) is 8.69. The zero-order valence-corrected chi connectivity index (χ0v) is 21.0. The number of nitrogens with one attached hydrogen (secondary N) is 1. The highest BCUT2D eigenvalue weighted by Gasteiger charge is 2.19. The van der Waals surface area contributed by atoms with Crippen molar-refractivity contribution in [2.45, 2.75) is 20.8 Å². The molecule has 3 aromatic carbocycles. The maximum atomic E-state index is 12.6. The molecular formula is C29H25ClN4O2. The van der Waals surface area contributed by atoms with Gasteiger partial charge >= 0.3 is 0 Å². The van der Waals surface area contributed by atoms with Gasteiger partial charge in [0.2, 0.25) is 5.88 Å². The van der Waals surface area contributed by atoms with Crippen LogP contribution in [0.3, 0.4) is 0 Å². The molecule has 0 unspecified atom stereocenters.